The number of aromatic nitrogens is 2. The van der Waals surface area contributed by atoms with E-state index >= 15 is 0 Å². The fourth-order valence-electron chi connectivity index (χ4n) is 4.22. The molecule has 2 saturated carbocycles. The van der Waals surface area contributed by atoms with E-state index in [2.05, 4.69) is 26.2 Å². The van der Waals surface area contributed by atoms with Crippen molar-refractivity contribution in [2.24, 2.45) is 11.3 Å². The topological polar surface area (TPSA) is 75.1 Å². The van der Waals surface area contributed by atoms with E-state index in [-0.39, 0.29) is 5.92 Å². The number of carboxylic acid groups (broad SMARTS) is 1. The number of carboxylic acids is 1. The number of nitrogens with one attached hydrogen (secondary N) is 1. The van der Waals surface area contributed by atoms with Gasteiger partial charge >= 0.3 is 5.97 Å². The van der Waals surface area contributed by atoms with E-state index in [1.807, 2.05) is 6.07 Å². The van der Waals surface area contributed by atoms with Crippen molar-refractivity contribution in [3.8, 4) is 0 Å². The van der Waals surface area contributed by atoms with Crippen LogP contribution in [-0.2, 0) is 11.3 Å². The summed E-state index contributed by atoms with van der Waals surface area (Å²) in [6.07, 6.45) is 6.27. The summed E-state index contributed by atoms with van der Waals surface area (Å²) in [7, 11) is 0. The zero-order chi connectivity index (χ0) is 15.9. The minimum absolute atomic E-state index is 0.105. The van der Waals surface area contributed by atoms with E-state index < -0.39 is 5.97 Å². The van der Waals surface area contributed by atoms with Crippen molar-refractivity contribution < 1.29 is 9.90 Å². The van der Waals surface area contributed by atoms with E-state index in [9.17, 15) is 4.79 Å². The van der Waals surface area contributed by atoms with E-state index in [0.717, 1.165) is 43.3 Å². The molecule has 2 N–H and O–H groups in total. The highest BCUT2D eigenvalue weighted by molar-refractivity contribution is 7.00. The number of fused-ring (bicyclic) bond motifs is 1. The summed E-state index contributed by atoms with van der Waals surface area (Å²) in [4.78, 5) is 11.0. The van der Waals surface area contributed by atoms with Gasteiger partial charge in [0.25, 0.3) is 0 Å². The molecule has 4 rings (SSSR count). The number of benzene rings is 1. The van der Waals surface area contributed by atoms with Crippen LogP contribution >= 0.6 is 11.7 Å². The lowest BCUT2D eigenvalue weighted by Crippen LogP contribution is -2.50. The zero-order valence-electron chi connectivity index (χ0n) is 13.0. The molecule has 2 fully saturated rings. The Balaban J connectivity index is 1.27. The summed E-state index contributed by atoms with van der Waals surface area (Å²) >= 11 is 1.26. The Morgan fingerprint density at radius 3 is 2.74 bits per heavy atom. The summed E-state index contributed by atoms with van der Waals surface area (Å²) in [6, 6.07) is 6.83. The first-order valence-electron chi connectivity index (χ1n) is 8.31. The fourth-order valence-corrected chi connectivity index (χ4v) is 4.73. The van der Waals surface area contributed by atoms with Gasteiger partial charge in [-0.2, -0.15) is 8.75 Å². The van der Waals surface area contributed by atoms with Crippen LogP contribution in [0.15, 0.2) is 18.2 Å². The minimum Gasteiger partial charge on any atom is -0.481 e. The molecule has 122 valence electrons. The first-order chi connectivity index (χ1) is 11.1. The van der Waals surface area contributed by atoms with Gasteiger partial charge in [-0.25, -0.2) is 0 Å². The van der Waals surface area contributed by atoms with Gasteiger partial charge in [0.15, 0.2) is 0 Å². The van der Waals surface area contributed by atoms with E-state index in [4.69, 9.17) is 5.11 Å². The standard InChI is InChI=1S/C17H21N3O2S/c21-16(22)12-3-5-17(6-4-12)8-13(9-17)18-10-11-1-2-14-15(7-11)20-23-19-14/h1-2,7,12-13,18H,3-6,8-10H2,(H,21,22). The maximum atomic E-state index is 11.0. The van der Waals surface area contributed by atoms with Crippen molar-refractivity contribution in [3.05, 3.63) is 23.8 Å². The molecular weight excluding hydrogens is 310 g/mol. The molecule has 0 amide bonds. The molecule has 1 aromatic carbocycles. The van der Waals surface area contributed by atoms with Crippen LogP contribution in [0.4, 0.5) is 0 Å². The van der Waals surface area contributed by atoms with Gasteiger partial charge in [0.1, 0.15) is 11.0 Å². The van der Waals surface area contributed by atoms with Gasteiger partial charge in [0.05, 0.1) is 17.6 Å². The molecule has 1 spiro atoms. The normalized spacial score (nSPS) is 30.4. The average Bonchev–Trinajstić information content (AvgIpc) is 2.98. The molecule has 5 nitrogen and oxygen atoms in total. The third-order valence-electron chi connectivity index (χ3n) is 5.67. The van der Waals surface area contributed by atoms with Gasteiger partial charge in [-0.1, -0.05) is 6.07 Å². The van der Waals surface area contributed by atoms with E-state index in [1.54, 1.807) is 0 Å². The first-order valence-corrected chi connectivity index (χ1v) is 9.04. The predicted octanol–water partition coefficient (Wildman–Crippen LogP) is 3.20. The van der Waals surface area contributed by atoms with Crippen molar-refractivity contribution in [1.82, 2.24) is 14.1 Å². The Morgan fingerprint density at radius 1 is 1.26 bits per heavy atom. The quantitative estimate of drug-likeness (QED) is 0.900. The number of nitrogens with zero attached hydrogens (tertiary/aromatic N) is 2. The molecule has 0 atom stereocenters. The molecule has 0 bridgehead atoms. The maximum Gasteiger partial charge on any atom is 0.306 e. The molecule has 0 unspecified atom stereocenters. The summed E-state index contributed by atoms with van der Waals surface area (Å²) < 4.78 is 8.51. The van der Waals surface area contributed by atoms with Crippen molar-refractivity contribution in [3.63, 3.8) is 0 Å². The Labute approximate surface area is 139 Å². The monoisotopic (exact) mass is 331 g/mol. The van der Waals surface area contributed by atoms with E-state index in [1.165, 1.54) is 30.1 Å². The highest BCUT2D eigenvalue weighted by Crippen LogP contribution is 2.52. The van der Waals surface area contributed by atoms with Crippen LogP contribution in [0.25, 0.3) is 11.0 Å². The Hall–Kier alpha value is -1.53. The average molecular weight is 331 g/mol. The second kappa shape index (κ2) is 5.83. The zero-order valence-corrected chi connectivity index (χ0v) is 13.8. The molecule has 2 aromatic rings. The molecule has 2 aliphatic rings. The van der Waals surface area contributed by atoms with Crippen molar-refractivity contribution in [2.45, 2.75) is 51.1 Å². The second-order valence-electron chi connectivity index (χ2n) is 7.19. The third kappa shape index (κ3) is 2.97. The molecule has 0 radical (unpaired) electrons. The third-order valence-corrected chi connectivity index (χ3v) is 6.22. The molecule has 0 saturated heterocycles. The van der Waals surface area contributed by atoms with Gasteiger partial charge in [-0.15, -0.1) is 0 Å². The lowest BCUT2D eigenvalue weighted by Gasteiger charge is -2.51. The van der Waals surface area contributed by atoms with Crippen LogP contribution in [0, 0.1) is 11.3 Å². The Kier molecular flexibility index (Phi) is 3.81. The lowest BCUT2D eigenvalue weighted by atomic mass is 9.57. The molecule has 1 aromatic heterocycles. The van der Waals surface area contributed by atoms with Crippen LogP contribution in [0.2, 0.25) is 0 Å². The van der Waals surface area contributed by atoms with Crippen molar-refractivity contribution in [1.29, 1.82) is 0 Å². The van der Waals surface area contributed by atoms with Crippen molar-refractivity contribution in [2.75, 3.05) is 0 Å². The smallest absolute Gasteiger partial charge is 0.306 e. The van der Waals surface area contributed by atoms with Crippen LogP contribution in [0.5, 0.6) is 0 Å². The molecule has 6 heteroatoms. The SMILES string of the molecule is O=C(O)C1CCC2(CC1)CC(NCc1ccc3nsnc3c1)C2. The Morgan fingerprint density at radius 2 is 2.00 bits per heavy atom. The highest BCUT2D eigenvalue weighted by atomic mass is 32.1. The summed E-state index contributed by atoms with van der Waals surface area (Å²) in [5, 5.41) is 12.7. The van der Waals surface area contributed by atoms with Crippen LogP contribution < -0.4 is 5.32 Å². The van der Waals surface area contributed by atoms with Gasteiger partial charge < -0.3 is 10.4 Å². The number of hydrogen-bond acceptors (Lipinski definition) is 5. The van der Waals surface area contributed by atoms with Gasteiger partial charge in [-0.3, -0.25) is 4.79 Å². The van der Waals surface area contributed by atoms with E-state index in [0.29, 0.717) is 11.5 Å². The summed E-state index contributed by atoms with van der Waals surface area (Å²) in [5.41, 5.74) is 3.62. The van der Waals surface area contributed by atoms with Crippen LogP contribution in [-0.4, -0.2) is 25.9 Å². The predicted molar refractivity (Wildman–Crippen MR) is 89.3 cm³/mol. The largest absolute Gasteiger partial charge is 0.481 e. The lowest BCUT2D eigenvalue weighted by molar-refractivity contribution is -0.144. The summed E-state index contributed by atoms with van der Waals surface area (Å²) in [6.45, 7) is 0.867. The number of hydrogen-bond donors (Lipinski definition) is 2. The number of rotatable bonds is 4. The van der Waals surface area contributed by atoms with Crippen molar-refractivity contribution >= 4 is 28.7 Å². The highest BCUT2D eigenvalue weighted by Gasteiger charge is 2.46. The van der Waals surface area contributed by atoms with Gasteiger partial charge in [0, 0.05) is 12.6 Å². The first kappa shape index (κ1) is 15.0. The fraction of sp³-hybridized carbons (Fsp3) is 0.588. The minimum atomic E-state index is -0.610. The molecule has 0 aliphatic heterocycles. The van der Waals surface area contributed by atoms with Gasteiger partial charge in [-0.05, 0) is 61.6 Å². The second-order valence-corrected chi connectivity index (χ2v) is 7.71. The van der Waals surface area contributed by atoms with Crippen LogP contribution in [0.1, 0.15) is 44.1 Å². The molecular formula is C17H21N3O2S. The molecule has 1 heterocycles. The van der Waals surface area contributed by atoms with Crippen LogP contribution in [0.3, 0.4) is 0 Å². The molecule has 2 aliphatic carbocycles. The number of aliphatic carboxylic acids is 1. The maximum absolute atomic E-state index is 11.0. The Bertz CT molecular complexity index is 713. The summed E-state index contributed by atoms with van der Waals surface area (Å²) in [5.74, 6) is -0.716. The number of carbonyl (C=O) groups is 1. The van der Waals surface area contributed by atoms with Gasteiger partial charge in [0.2, 0.25) is 0 Å². The molecule has 23 heavy (non-hydrogen) atoms.